The summed E-state index contributed by atoms with van der Waals surface area (Å²) in [5.41, 5.74) is 5.54. The van der Waals surface area contributed by atoms with Crippen LogP contribution < -0.4 is 5.73 Å². The van der Waals surface area contributed by atoms with Gasteiger partial charge in [0.2, 0.25) is 5.91 Å². The molecule has 1 amide bonds. The summed E-state index contributed by atoms with van der Waals surface area (Å²) in [6.45, 7) is 1.66. The van der Waals surface area contributed by atoms with Crippen molar-refractivity contribution in [1.82, 2.24) is 4.90 Å². The Morgan fingerprint density at radius 1 is 1.54 bits per heavy atom. The molecule has 1 aliphatic rings. The number of rotatable bonds is 4. The third-order valence-corrected chi connectivity index (χ3v) is 3.43. The fraction of sp³-hybridized carbons (Fsp3) is 0.875. The van der Waals surface area contributed by atoms with Crippen LogP contribution >= 0.6 is 25.3 Å². The SMILES string of the molecule is NC(S)C(S)CCN1CCCC1=O. The number of thiol groups is 2. The lowest BCUT2D eigenvalue weighted by Crippen LogP contribution is -2.32. The topological polar surface area (TPSA) is 46.3 Å². The van der Waals surface area contributed by atoms with Gasteiger partial charge in [-0.05, 0) is 12.8 Å². The number of nitrogens with two attached hydrogens (primary N) is 1. The van der Waals surface area contributed by atoms with Gasteiger partial charge in [-0.25, -0.2) is 0 Å². The van der Waals surface area contributed by atoms with Crippen molar-refractivity contribution in [2.45, 2.75) is 29.9 Å². The molecular weight excluding hydrogens is 204 g/mol. The van der Waals surface area contributed by atoms with Crippen LogP contribution in [0.2, 0.25) is 0 Å². The van der Waals surface area contributed by atoms with E-state index in [4.69, 9.17) is 5.73 Å². The van der Waals surface area contributed by atoms with Gasteiger partial charge in [-0.1, -0.05) is 0 Å². The third kappa shape index (κ3) is 3.40. The molecule has 5 heteroatoms. The molecule has 0 aromatic carbocycles. The maximum Gasteiger partial charge on any atom is 0.222 e. The lowest BCUT2D eigenvalue weighted by atomic mass is 10.3. The number of hydrogen-bond acceptors (Lipinski definition) is 4. The molecule has 13 heavy (non-hydrogen) atoms. The van der Waals surface area contributed by atoms with Gasteiger partial charge in [0.1, 0.15) is 0 Å². The van der Waals surface area contributed by atoms with Crippen LogP contribution in [0.25, 0.3) is 0 Å². The van der Waals surface area contributed by atoms with E-state index in [1.807, 2.05) is 4.90 Å². The monoisotopic (exact) mass is 220 g/mol. The van der Waals surface area contributed by atoms with Crippen LogP contribution in [-0.2, 0) is 4.79 Å². The molecule has 1 fully saturated rings. The molecule has 1 aliphatic heterocycles. The van der Waals surface area contributed by atoms with Gasteiger partial charge in [-0.15, -0.1) is 0 Å². The van der Waals surface area contributed by atoms with E-state index < -0.39 is 0 Å². The van der Waals surface area contributed by atoms with Gasteiger partial charge in [0.05, 0.1) is 5.37 Å². The number of likely N-dealkylation sites (tertiary alicyclic amines) is 1. The first kappa shape index (κ1) is 11.2. The molecule has 3 nitrogen and oxygen atoms in total. The summed E-state index contributed by atoms with van der Waals surface area (Å²) in [4.78, 5) is 13.1. The fourth-order valence-electron chi connectivity index (χ4n) is 1.40. The highest BCUT2D eigenvalue weighted by molar-refractivity contribution is 7.85. The highest BCUT2D eigenvalue weighted by Gasteiger charge is 2.20. The Hall–Kier alpha value is 0.130. The van der Waals surface area contributed by atoms with Crippen molar-refractivity contribution in [3.63, 3.8) is 0 Å². The van der Waals surface area contributed by atoms with E-state index in [2.05, 4.69) is 25.3 Å². The zero-order valence-corrected chi connectivity index (χ0v) is 9.31. The summed E-state index contributed by atoms with van der Waals surface area (Å²) in [6.07, 6.45) is 2.51. The second-order valence-electron chi connectivity index (χ2n) is 3.33. The minimum absolute atomic E-state index is 0.0664. The third-order valence-electron chi connectivity index (χ3n) is 2.26. The molecule has 2 unspecified atom stereocenters. The van der Waals surface area contributed by atoms with Crippen LogP contribution in [0.3, 0.4) is 0 Å². The van der Waals surface area contributed by atoms with Crippen molar-refractivity contribution in [1.29, 1.82) is 0 Å². The van der Waals surface area contributed by atoms with E-state index >= 15 is 0 Å². The van der Waals surface area contributed by atoms with Crippen LogP contribution in [0, 0.1) is 0 Å². The molecule has 1 saturated heterocycles. The summed E-state index contributed by atoms with van der Waals surface area (Å²) in [7, 11) is 0. The van der Waals surface area contributed by atoms with Crippen molar-refractivity contribution in [3.8, 4) is 0 Å². The largest absolute Gasteiger partial charge is 0.343 e. The van der Waals surface area contributed by atoms with Crippen molar-refractivity contribution in [2.24, 2.45) is 5.73 Å². The predicted octanol–water partition coefficient (Wildman–Crippen LogP) is 0.512. The Morgan fingerprint density at radius 3 is 2.69 bits per heavy atom. The molecule has 0 aliphatic carbocycles. The van der Waals surface area contributed by atoms with Crippen LogP contribution in [-0.4, -0.2) is 34.5 Å². The summed E-state index contributed by atoms with van der Waals surface area (Å²) >= 11 is 8.38. The number of carbonyl (C=O) groups is 1. The average Bonchev–Trinajstić information content (AvgIpc) is 2.47. The molecule has 0 radical (unpaired) electrons. The van der Waals surface area contributed by atoms with E-state index in [0.717, 1.165) is 25.9 Å². The first-order valence-corrected chi connectivity index (χ1v) is 5.54. The number of carbonyl (C=O) groups excluding carboxylic acids is 1. The van der Waals surface area contributed by atoms with Gasteiger partial charge in [0.15, 0.2) is 0 Å². The Labute approximate surface area is 89.9 Å². The summed E-state index contributed by atoms with van der Waals surface area (Å²) in [5.74, 6) is 0.258. The van der Waals surface area contributed by atoms with E-state index in [0.29, 0.717) is 6.42 Å². The quantitative estimate of drug-likeness (QED) is 0.477. The van der Waals surface area contributed by atoms with Crippen LogP contribution in [0.4, 0.5) is 0 Å². The molecule has 1 heterocycles. The Kier molecular flexibility index (Phi) is 4.41. The lowest BCUT2D eigenvalue weighted by Gasteiger charge is -2.19. The molecule has 0 aromatic heterocycles. The van der Waals surface area contributed by atoms with Gasteiger partial charge in [0.25, 0.3) is 0 Å². The van der Waals surface area contributed by atoms with E-state index in [1.165, 1.54) is 0 Å². The Balaban J connectivity index is 2.22. The summed E-state index contributed by atoms with van der Waals surface area (Å²) < 4.78 is 0. The van der Waals surface area contributed by atoms with Crippen molar-refractivity contribution in [2.75, 3.05) is 13.1 Å². The highest BCUT2D eigenvalue weighted by Crippen LogP contribution is 2.14. The standard InChI is InChI=1S/C8H16N2OS2/c9-8(13)6(12)3-5-10-4-1-2-7(10)11/h6,8,12-13H,1-5,9H2. The smallest absolute Gasteiger partial charge is 0.222 e. The molecule has 2 atom stereocenters. The Morgan fingerprint density at radius 2 is 2.23 bits per heavy atom. The van der Waals surface area contributed by atoms with Crippen molar-refractivity contribution in [3.05, 3.63) is 0 Å². The van der Waals surface area contributed by atoms with Gasteiger partial charge in [-0.2, -0.15) is 25.3 Å². The summed E-state index contributed by atoms with van der Waals surface area (Å²) in [5, 5.41) is -0.141. The van der Waals surface area contributed by atoms with E-state index in [9.17, 15) is 4.79 Å². The molecule has 0 saturated carbocycles. The van der Waals surface area contributed by atoms with Crippen LogP contribution in [0.1, 0.15) is 19.3 Å². The number of hydrogen-bond donors (Lipinski definition) is 3. The molecule has 76 valence electrons. The second-order valence-corrected chi connectivity index (χ2v) is 4.59. The van der Waals surface area contributed by atoms with Crippen LogP contribution in [0.15, 0.2) is 0 Å². The van der Waals surface area contributed by atoms with Crippen LogP contribution in [0.5, 0.6) is 0 Å². The molecule has 2 N–H and O–H groups in total. The number of amides is 1. The molecular formula is C8H16N2OS2. The van der Waals surface area contributed by atoms with Gasteiger partial charge in [-0.3, -0.25) is 4.79 Å². The second kappa shape index (κ2) is 5.12. The Bertz CT molecular complexity index is 187. The lowest BCUT2D eigenvalue weighted by molar-refractivity contribution is -0.127. The van der Waals surface area contributed by atoms with E-state index in [-0.39, 0.29) is 16.5 Å². The fourth-order valence-corrected chi connectivity index (χ4v) is 1.66. The molecule has 1 rings (SSSR count). The molecule has 0 bridgehead atoms. The summed E-state index contributed by atoms with van der Waals surface area (Å²) in [6, 6.07) is 0. The van der Waals surface area contributed by atoms with Crippen molar-refractivity contribution >= 4 is 31.2 Å². The predicted molar refractivity (Wildman–Crippen MR) is 60.2 cm³/mol. The molecule has 0 aromatic rings. The first-order valence-electron chi connectivity index (χ1n) is 4.51. The minimum atomic E-state index is -0.207. The number of nitrogens with zero attached hydrogens (tertiary/aromatic N) is 1. The van der Waals surface area contributed by atoms with Gasteiger partial charge >= 0.3 is 0 Å². The van der Waals surface area contributed by atoms with Gasteiger partial charge < -0.3 is 10.6 Å². The average molecular weight is 220 g/mol. The van der Waals surface area contributed by atoms with E-state index in [1.54, 1.807) is 0 Å². The highest BCUT2D eigenvalue weighted by atomic mass is 32.1. The normalized spacial score (nSPS) is 22.1. The maximum absolute atomic E-state index is 11.2. The first-order chi connectivity index (χ1) is 6.11. The molecule has 0 spiro atoms. The minimum Gasteiger partial charge on any atom is -0.343 e. The maximum atomic E-state index is 11.2. The zero-order valence-electron chi connectivity index (χ0n) is 7.52. The van der Waals surface area contributed by atoms with Crippen molar-refractivity contribution < 1.29 is 4.79 Å². The zero-order chi connectivity index (χ0) is 9.84. The van der Waals surface area contributed by atoms with Gasteiger partial charge in [0, 0.05) is 24.8 Å².